The summed E-state index contributed by atoms with van der Waals surface area (Å²) in [5.41, 5.74) is 3.13. The first kappa shape index (κ1) is 22.0. The Labute approximate surface area is 177 Å². The maximum atomic E-state index is 13.2. The molecule has 0 spiro atoms. The van der Waals surface area contributed by atoms with Gasteiger partial charge in [-0.3, -0.25) is 9.59 Å². The third-order valence-corrected chi connectivity index (χ3v) is 7.36. The summed E-state index contributed by atoms with van der Waals surface area (Å²) in [7, 11) is -3.68. The number of anilines is 1. The third kappa shape index (κ3) is 4.88. The molecule has 0 bridgehead atoms. The average molecular weight is 430 g/mol. The number of hydrogen-bond donors (Lipinski definition) is 2. The van der Waals surface area contributed by atoms with E-state index in [4.69, 9.17) is 0 Å². The zero-order chi connectivity index (χ0) is 21.9. The topological polar surface area (TPSA) is 95.6 Å². The number of nitrogens with zero attached hydrogens (tertiary/aromatic N) is 1. The molecule has 1 saturated heterocycles. The number of nitrogens with one attached hydrogen (secondary N) is 2. The summed E-state index contributed by atoms with van der Waals surface area (Å²) in [5, 5.41) is 5.12. The molecule has 2 amide bonds. The van der Waals surface area contributed by atoms with E-state index in [0.717, 1.165) is 11.1 Å². The largest absolute Gasteiger partial charge is 0.346 e. The molecule has 1 aliphatic rings. The summed E-state index contributed by atoms with van der Waals surface area (Å²) in [6.07, 6.45) is 1.34. The Kier molecular flexibility index (Phi) is 6.58. The van der Waals surface area contributed by atoms with Crippen LogP contribution in [0.4, 0.5) is 5.69 Å². The number of aryl methyl sites for hydroxylation is 3. The summed E-state index contributed by atoms with van der Waals surface area (Å²) in [5.74, 6) is -1.56. The molecule has 7 nitrogen and oxygen atoms in total. The highest BCUT2D eigenvalue weighted by atomic mass is 32.2. The van der Waals surface area contributed by atoms with Crippen LogP contribution in [0.1, 0.15) is 29.5 Å². The van der Waals surface area contributed by atoms with E-state index >= 15 is 0 Å². The van der Waals surface area contributed by atoms with E-state index < -0.39 is 21.8 Å². The summed E-state index contributed by atoms with van der Waals surface area (Å²) in [4.78, 5) is 24.6. The molecule has 0 radical (unpaired) electrons. The quantitative estimate of drug-likeness (QED) is 0.714. The van der Waals surface area contributed by atoms with Gasteiger partial charge in [-0.2, -0.15) is 4.31 Å². The molecule has 8 heteroatoms. The summed E-state index contributed by atoms with van der Waals surface area (Å²) in [6.45, 7) is 6.04. The normalized spacial score (nSPS) is 17.0. The van der Waals surface area contributed by atoms with Crippen LogP contribution in [0, 0.1) is 20.8 Å². The number of carbonyl (C=O) groups excluding carboxylic acids is 2. The van der Waals surface area contributed by atoms with Crippen molar-refractivity contribution in [2.75, 3.05) is 18.4 Å². The number of sulfonamides is 1. The number of carbonyl (C=O) groups is 2. The highest BCUT2D eigenvalue weighted by molar-refractivity contribution is 7.89. The Bertz CT molecular complexity index is 1050. The van der Waals surface area contributed by atoms with Gasteiger partial charge in [-0.1, -0.05) is 29.8 Å². The molecule has 3 rings (SSSR count). The van der Waals surface area contributed by atoms with Crippen LogP contribution in [-0.2, 0) is 19.6 Å². The zero-order valence-corrected chi connectivity index (χ0v) is 18.3. The van der Waals surface area contributed by atoms with Crippen molar-refractivity contribution >= 4 is 27.5 Å². The standard InChI is InChI=1S/C22H27N3O4S/c1-15-7-10-18(11-8-15)24-22(27)21(26)23-14-19-5-4-12-25(19)30(28,29)20-13-16(2)6-9-17(20)3/h6-11,13,19H,4-5,12,14H2,1-3H3,(H,23,26)(H,24,27)/t19-/m0/s1. The number of amides is 2. The molecule has 2 aromatic rings. The van der Waals surface area contributed by atoms with Gasteiger partial charge in [-0.05, 0) is 62.9 Å². The van der Waals surface area contributed by atoms with Crippen molar-refractivity contribution in [3.63, 3.8) is 0 Å². The minimum Gasteiger partial charge on any atom is -0.346 e. The van der Waals surface area contributed by atoms with Crippen molar-refractivity contribution in [3.05, 3.63) is 59.2 Å². The summed E-state index contributed by atoms with van der Waals surface area (Å²) in [6, 6.07) is 12.1. The van der Waals surface area contributed by atoms with Crippen molar-refractivity contribution in [1.29, 1.82) is 0 Å². The second-order valence-electron chi connectivity index (χ2n) is 7.71. The van der Waals surface area contributed by atoms with Gasteiger partial charge in [0.05, 0.1) is 4.90 Å². The van der Waals surface area contributed by atoms with Gasteiger partial charge in [0.15, 0.2) is 0 Å². The van der Waals surface area contributed by atoms with Crippen LogP contribution in [0.5, 0.6) is 0 Å². The lowest BCUT2D eigenvalue weighted by atomic mass is 10.2. The third-order valence-electron chi connectivity index (χ3n) is 5.27. The Hall–Kier alpha value is -2.71. The van der Waals surface area contributed by atoms with Crippen LogP contribution in [0.15, 0.2) is 47.4 Å². The van der Waals surface area contributed by atoms with E-state index in [1.165, 1.54) is 4.31 Å². The van der Waals surface area contributed by atoms with Gasteiger partial charge >= 0.3 is 11.8 Å². The predicted molar refractivity (Wildman–Crippen MR) is 116 cm³/mol. The second kappa shape index (κ2) is 8.97. The highest BCUT2D eigenvalue weighted by Crippen LogP contribution is 2.28. The molecular weight excluding hydrogens is 402 g/mol. The van der Waals surface area contributed by atoms with E-state index in [2.05, 4.69) is 10.6 Å². The zero-order valence-electron chi connectivity index (χ0n) is 17.4. The average Bonchev–Trinajstić information content (AvgIpc) is 3.19. The van der Waals surface area contributed by atoms with E-state index in [1.807, 2.05) is 32.0 Å². The number of rotatable bonds is 5. The Morgan fingerprint density at radius 1 is 1.00 bits per heavy atom. The fraction of sp³-hybridized carbons (Fsp3) is 0.364. The van der Waals surface area contributed by atoms with Crippen molar-refractivity contribution in [2.45, 2.75) is 44.6 Å². The van der Waals surface area contributed by atoms with E-state index in [1.54, 1.807) is 31.2 Å². The lowest BCUT2D eigenvalue weighted by Gasteiger charge is -2.25. The molecule has 1 heterocycles. The van der Waals surface area contributed by atoms with Gasteiger partial charge in [0, 0.05) is 24.8 Å². The minimum atomic E-state index is -3.68. The lowest BCUT2D eigenvalue weighted by molar-refractivity contribution is -0.136. The van der Waals surface area contributed by atoms with Crippen LogP contribution >= 0.6 is 0 Å². The number of hydrogen-bond acceptors (Lipinski definition) is 4. The van der Waals surface area contributed by atoms with Gasteiger partial charge in [0.25, 0.3) is 0 Å². The van der Waals surface area contributed by atoms with E-state index in [-0.39, 0.29) is 17.5 Å². The monoisotopic (exact) mass is 429 g/mol. The van der Waals surface area contributed by atoms with Crippen molar-refractivity contribution in [3.8, 4) is 0 Å². The SMILES string of the molecule is Cc1ccc(NC(=O)C(=O)NC[C@@H]2CCCN2S(=O)(=O)c2cc(C)ccc2C)cc1. The van der Waals surface area contributed by atoms with Gasteiger partial charge in [-0.25, -0.2) is 8.42 Å². The fourth-order valence-electron chi connectivity index (χ4n) is 3.56. The molecule has 0 aromatic heterocycles. The Morgan fingerprint density at radius 3 is 2.37 bits per heavy atom. The van der Waals surface area contributed by atoms with Gasteiger partial charge in [0.2, 0.25) is 10.0 Å². The van der Waals surface area contributed by atoms with Gasteiger partial charge in [-0.15, -0.1) is 0 Å². The maximum absolute atomic E-state index is 13.2. The second-order valence-corrected chi connectivity index (χ2v) is 9.57. The van der Waals surface area contributed by atoms with Crippen molar-refractivity contribution in [2.24, 2.45) is 0 Å². The van der Waals surface area contributed by atoms with Crippen LogP contribution in [0.2, 0.25) is 0 Å². The van der Waals surface area contributed by atoms with Crippen molar-refractivity contribution < 1.29 is 18.0 Å². The molecule has 160 valence electrons. The maximum Gasteiger partial charge on any atom is 0.313 e. The summed E-state index contributed by atoms with van der Waals surface area (Å²) >= 11 is 0. The van der Waals surface area contributed by atoms with Gasteiger partial charge < -0.3 is 10.6 Å². The molecule has 30 heavy (non-hydrogen) atoms. The van der Waals surface area contributed by atoms with E-state index in [0.29, 0.717) is 30.6 Å². The molecule has 0 unspecified atom stereocenters. The first-order valence-corrected chi connectivity index (χ1v) is 11.4. The smallest absolute Gasteiger partial charge is 0.313 e. The van der Waals surface area contributed by atoms with Crippen LogP contribution in [0.3, 0.4) is 0 Å². The van der Waals surface area contributed by atoms with Crippen LogP contribution in [-0.4, -0.2) is 43.7 Å². The first-order valence-electron chi connectivity index (χ1n) is 9.93. The summed E-state index contributed by atoms with van der Waals surface area (Å²) < 4.78 is 27.8. The molecule has 0 aliphatic carbocycles. The van der Waals surface area contributed by atoms with E-state index in [9.17, 15) is 18.0 Å². The Balaban J connectivity index is 1.64. The molecule has 0 saturated carbocycles. The predicted octanol–water partition coefficient (Wildman–Crippen LogP) is 2.52. The molecule has 2 aromatic carbocycles. The highest BCUT2D eigenvalue weighted by Gasteiger charge is 2.36. The Morgan fingerprint density at radius 2 is 1.67 bits per heavy atom. The lowest BCUT2D eigenvalue weighted by Crippen LogP contribution is -2.45. The molecule has 2 N–H and O–H groups in total. The molecule has 1 fully saturated rings. The molecule has 1 aliphatic heterocycles. The molecular formula is C22H27N3O4S. The minimum absolute atomic E-state index is 0.0875. The van der Waals surface area contributed by atoms with Crippen LogP contribution < -0.4 is 10.6 Å². The number of benzene rings is 2. The van der Waals surface area contributed by atoms with Crippen LogP contribution in [0.25, 0.3) is 0 Å². The van der Waals surface area contributed by atoms with Crippen molar-refractivity contribution in [1.82, 2.24) is 9.62 Å². The molecule has 1 atom stereocenters. The first-order chi connectivity index (χ1) is 14.2. The fourth-order valence-corrected chi connectivity index (χ4v) is 5.56. The van der Waals surface area contributed by atoms with Gasteiger partial charge in [0.1, 0.15) is 0 Å².